The van der Waals surface area contributed by atoms with Crippen LogP contribution in [0.1, 0.15) is 11.1 Å². The highest BCUT2D eigenvalue weighted by molar-refractivity contribution is 7.90. The lowest BCUT2D eigenvalue weighted by Crippen LogP contribution is -2.16. The molecule has 25 heavy (non-hydrogen) atoms. The summed E-state index contributed by atoms with van der Waals surface area (Å²) in [6.45, 7) is 1.55. The van der Waals surface area contributed by atoms with Crippen LogP contribution in [0.15, 0.2) is 41.0 Å². The fraction of sp³-hybridized carbons (Fsp3) is 0.188. The van der Waals surface area contributed by atoms with Gasteiger partial charge >= 0.3 is 0 Å². The minimum atomic E-state index is -3.87. The van der Waals surface area contributed by atoms with Crippen molar-refractivity contribution < 1.29 is 8.42 Å². The number of thiazole rings is 1. The lowest BCUT2D eigenvalue weighted by Gasteiger charge is -2.08. The summed E-state index contributed by atoms with van der Waals surface area (Å²) in [6.07, 6.45) is 4.18. The van der Waals surface area contributed by atoms with Crippen molar-refractivity contribution in [1.29, 1.82) is 0 Å². The SMILES string of the molecule is O=S(=O)(c1c(Cl)nc2sccn12)n1cc2c3c(cccc31)CNCC2. The van der Waals surface area contributed by atoms with Gasteiger partial charge in [0.25, 0.3) is 10.0 Å². The Hall–Kier alpha value is -1.87. The third-order valence-corrected chi connectivity index (χ3v) is 7.36. The number of hydrogen-bond donors (Lipinski definition) is 1. The quantitative estimate of drug-likeness (QED) is 0.569. The monoisotopic (exact) mass is 392 g/mol. The molecule has 3 aromatic heterocycles. The number of nitrogens with zero attached hydrogens (tertiary/aromatic N) is 3. The molecule has 4 heterocycles. The molecule has 1 aromatic carbocycles. The van der Waals surface area contributed by atoms with E-state index in [9.17, 15) is 8.42 Å². The second kappa shape index (κ2) is 5.31. The van der Waals surface area contributed by atoms with Crippen LogP contribution in [0.25, 0.3) is 15.9 Å². The minimum absolute atomic E-state index is 0.000153. The molecule has 0 unspecified atom stereocenters. The van der Waals surface area contributed by atoms with Crippen LogP contribution in [0, 0.1) is 0 Å². The molecule has 4 aromatic rings. The van der Waals surface area contributed by atoms with Crippen molar-refractivity contribution in [3.05, 3.63) is 52.3 Å². The summed E-state index contributed by atoms with van der Waals surface area (Å²) in [6, 6.07) is 5.76. The fourth-order valence-electron chi connectivity index (χ4n) is 3.46. The highest BCUT2D eigenvalue weighted by atomic mass is 35.5. The summed E-state index contributed by atoms with van der Waals surface area (Å²) in [7, 11) is -3.87. The van der Waals surface area contributed by atoms with E-state index in [-0.39, 0.29) is 10.2 Å². The van der Waals surface area contributed by atoms with Crippen molar-refractivity contribution >= 4 is 48.8 Å². The van der Waals surface area contributed by atoms with Crippen molar-refractivity contribution in [2.75, 3.05) is 6.54 Å². The minimum Gasteiger partial charge on any atom is -0.312 e. The number of halogens is 1. The van der Waals surface area contributed by atoms with Gasteiger partial charge in [0.1, 0.15) is 0 Å². The smallest absolute Gasteiger partial charge is 0.287 e. The molecule has 0 saturated carbocycles. The molecule has 6 nitrogen and oxygen atoms in total. The number of fused-ring (bicyclic) bond motifs is 1. The van der Waals surface area contributed by atoms with Crippen molar-refractivity contribution in [3.8, 4) is 0 Å². The number of benzene rings is 1. The largest absolute Gasteiger partial charge is 0.312 e. The van der Waals surface area contributed by atoms with E-state index in [2.05, 4.69) is 10.3 Å². The first kappa shape index (κ1) is 15.4. The Morgan fingerprint density at radius 2 is 2.16 bits per heavy atom. The Bertz CT molecular complexity index is 1240. The molecule has 9 heteroatoms. The molecule has 0 saturated heterocycles. The van der Waals surface area contributed by atoms with E-state index < -0.39 is 10.0 Å². The molecule has 0 bridgehead atoms. The first-order valence-electron chi connectivity index (χ1n) is 7.76. The number of imidazole rings is 1. The summed E-state index contributed by atoms with van der Waals surface area (Å²) in [5, 5.41) is 6.18. The molecule has 5 rings (SSSR count). The van der Waals surface area contributed by atoms with Crippen molar-refractivity contribution in [3.63, 3.8) is 0 Å². The zero-order chi connectivity index (χ0) is 17.2. The Kier molecular flexibility index (Phi) is 3.27. The average Bonchev–Trinajstić information content (AvgIpc) is 3.19. The van der Waals surface area contributed by atoms with Crippen molar-refractivity contribution in [1.82, 2.24) is 18.7 Å². The summed E-state index contributed by atoms with van der Waals surface area (Å²) in [4.78, 5) is 4.72. The summed E-state index contributed by atoms with van der Waals surface area (Å²) in [5.41, 5.74) is 2.82. The molecule has 1 N–H and O–H groups in total. The number of rotatable bonds is 2. The zero-order valence-electron chi connectivity index (χ0n) is 12.9. The molecule has 0 atom stereocenters. The van der Waals surface area contributed by atoms with Gasteiger partial charge in [0.05, 0.1) is 5.52 Å². The van der Waals surface area contributed by atoms with Crippen molar-refractivity contribution in [2.45, 2.75) is 18.0 Å². The molecule has 0 fully saturated rings. The predicted octanol–water partition coefficient (Wildman–Crippen LogP) is 2.89. The van der Waals surface area contributed by atoms with Crippen LogP contribution < -0.4 is 5.32 Å². The Morgan fingerprint density at radius 3 is 3.04 bits per heavy atom. The van der Waals surface area contributed by atoms with Crippen LogP contribution >= 0.6 is 22.9 Å². The molecular weight excluding hydrogens is 380 g/mol. The summed E-state index contributed by atoms with van der Waals surface area (Å²) < 4.78 is 29.7. The van der Waals surface area contributed by atoms with E-state index in [1.54, 1.807) is 17.8 Å². The molecule has 0 spiro atoms. The van der Waals surface area contributed by atoms with E-state index in [0.717, 1.165) is 36.0 Å². The highest BCUT2D eigenvalue weighted by Gasteiger charge is 2.29. The van der Waals surface area contributed by atoms with Gasteiger partial charge in [-0.1, -0.05) is 23.7 Å². The number of hydrogen-bond acceptors (Lipinski definition) is 5. The maximum absolute atomic E-state index is 13.4. The molecule has 128 valence electrons. The standard InChI is InChI=1S/C16H13ClN4O2S2/c17-14-15(20-6-7-24-16(20)19-14)25(22,23)21-9-11-4-5-18-8-10-2-1-3-12(21)13(10)11/h1-3,6-7,9,18H,4-5,8H2. The van der Waals surface area contributed by atoms with Crippen LogP contribution in [0.4, 0.5) is 0 Å². The van der Waals surface area contributed by atoms with Crippen molar-refractivity contribution in [2.24, 2.45) is 0 Å². The topological polar surface area (TPSA) is 68.4 Å². The highest BCUT2D eigenvalue weighted by Crippen LogP contribution is 2.33. The van der Waals surface area contributed by atoms with Gasteiger partial charge in [0.15, 0.2) is 10.1 Å². The van der Waals surface area contributed by atoms with E-state index >= 15 is 0 Å². The maximum Gasteiger partial charge on any atom is 0.287 e. The molecule has 1 aliphatic rings. The first-order valence-corrected chi connectivity index (χ1v) is 10.5. The van der Waals surface area contributed by atoms with Crippen LogP contribution in [0.3, 0.4) is 0 Å². The fourth-order valence-corrected chi connectivity index (χ4v) is 6.26. The van der Waals surface area contributed by atoms with Gasteiger partial charge in [-0.2, -0.15) is 8.42 Å². The van der Waals surface area contributed by atoms with Crippen LogP contribution in [-0.4, -0.2) is 28.3 Å². The molecule has 0 radical (unpaired) electrons. The van der Waals surface area contributed by atoms with Gasteiger partial charge in [0, 0.05) is 29.7 Å². The van der Waals surface area contributed by atoms with Crippen LogP contribution in [0.2, 0.25) is 5.15 Å². The van der Waals surface area contributed by atoms with Gasteiger partial charge in [-0.05, 0) is 30.2 Å². The second-order valence-corrected chi connectivity index (χ2v) is 8.92. The molecular formula is C16H13ClN4O2S2. The summed E-state index contributed by atoms with van der Waals surface area (Å²) >= 11 is 7.52. The van der Waals surface area contributed by atoms with Gasteiger partial charge in [-0.15, -0.1) is 11.3 Å². The number of aromatic nitrogens is 3. The zero-order valence-corrected chi connectivity index (χ0v) is 15.3. The molecule has 0 aliphatic carbocycles. The van der Waals surface area contributed by atoms with Gasteiger partial charge in [0.2, 0.25) is 5.03 Å². The Labute approximate surface area is 152 Å². The first-order chi connectivity index (χ1) is 12.1. The van der Waals surface area contributed by atoms with Crippen LogP contribution in [-0.2, 0) is 23.0 Å². The number of nitrogens with one attached hydrogen (secondary N) is 1. The average molecular weight is 393 g/mol. The predicted molar refractivity (Wildman–Crippen MR) is 98.0 cm³/mol. The Balaban J connectivity index is 1.84. The normalized spacial score (nSPS) is 15.1. The lowest BCUT2D eigenvalue weighted by atomic mass is 10.1. The summed E-state index contributed by atoms with van der Waals surface area (Å²) in [5.74, 6) is 0. The van der Waals surface area contributed by atoms with Gasteiger partial charge in [-0.3, -0.25) is 4.40 Å². The molecule has 0 amide bonds. The maximum atomic E-state index is 13.4. The van der Waals surface area contributed by atoms with Gasteiger partial charge < -0.3 is 5.32 Å². The van der Waals surface area contributed by atoms with Crippen LogP contribution in [0.5, 0.6) is 0 Å². The Morgan fingerprint density at radius 1 is 1.28 bits per heavy atom. The van der Waals surface area contributed by atoms with E-state index in [0.29, 0.717) is 10.5 Å². The third-order valence-electron chi connectivity index (χ3n) is 4.53. The molecule has 1 aliphatic heterocycles. The van der Waals surface area contributed by atoms with Gasteiger partial charge in [-0.25, -0.2) is 8.96 Å². The van der Waals surface area contributed by atoms with E-state index in [4.69, 9.17) is 11.6 Å². The van der Waals surface area contributed by atoms with E-state index in [1.807, 2.05) is 18.2 Å². The third kappa shape index (κ3) is 2.11. The lowest BCUT2D eigenvalue weighted by molar-refractivity contribution is 0.584. The second-order valence-electron chi connectivity index (χ2n) is 5.96. The van der Waals surface area contributed by atoms with E-state index in [1.165, 1.54) is 19.7 Å².